The predicted molar refractivity (Wildman–Crippen MR) is 76.6 cm³/mol. The first kappa shape index (κ1) is 13.6. The van der Waals surface area contributed by atoms with Gasteiger partial charge in [0.15, 0.2) is 0 Å². The second kappa shape index (κ2) is 5.45. The van der Waals surface area contributed by atoms with E-state index in [1.165, 1.54) is 11.1 Å². The molecule has 0 fully saturated rings. The van der Waals surface area contributed by atoms with Crippen molar-refractivity contribution >= 4 is 17.3 Å². The summed E-state index contributed by atoms with van der Waals surface area (Å²) in [7, 11) is 0. The fourth-order valence-electron chi connectivity index (χ4n) is 1.98. The van der Waals surface area contributed by atoms with Crippen LogP contribution in [0, 0.1) is 6.92 Å². The van der Waals surface area contributed by atoms with Gasteiger partial charge < -0.3 is 9.84 Å². The van der Waals surface area contributed by atoms with Crippen LogP contribution in [-0.2, 0) is 0 Å². The average molecular weight is 276 g/mol. The van der Waals surface area contributed by atoms with Crippen molar-refractivity contribution in [2.45, 2.75) is 26.7 Å². The van der Waals surface area contributed by atoms with Gasteiger partial charge in [-0.3, -0.25) is 0 Å². The van der Waals surface area contributed by atoms with E-state index in [1.807, 2.05) is 12.1 Å². The summed E-state index contributed by atoms with van der Waals surface area (Å²) in [5.41, 5.74) is 2.48. The lowest BCUT2D eigenvalue weighted by Crippen LogP contribution is -1.93. The van der Waals surface area contributed by atoms with Gasteiger partial charge in [0.05, 0.1) is 0 Å². The summed E-state index contributed by atoms with van der Waals surface area (Å²) in [6, 6.07) is 7.49. The van der Waals surface area contributed by atoms with Crippen LogP contribution in [0.4, 0.5) is 0 Å². The van der Waals surface area contributed by atoms with Crippen molar-refractivity contribution in [1.82, 2.24) is 0 Å². The van der Waals surface area contributed by atoms with E-state index in [0.717, 1.165) is 17.1 Å². The summed E-state index contributed by atoms with van der Waals surface area (Å²) in [5, 5.41) is 10.6. The van der Waals surface area contributed by atoms with Gasteiger partial charge in [0, 0.05) is 11.4 Å². The van der Waals surface area contributed by atoms with Crippen LogP contribution in [0.25, 0.3) is 0 Å². The minimum Gasteiger partial charge on any atom is -0.477 e. The van der Waals surface area contributed by atoms with Crippen LogP contribution in [0.1, 0.15) is 40.6 Å². The van der Waals surface area contributed by atoms with Gasteiger partial charge in [-0.1, -0.05) is 19.9 Å². The molecule has 0 unspecified atom stereocenters. The number of carbonyl (C=O) groups is 1. The molecule has 0 radical (unpaired) electrons. The van der Waals surface area contributed by atoms with Gasteiger partial charge in [-0.15, -0.1) is 11.3 Å². The largest absolute Gasteiger partial charge is 0.477 e. The molecule has 100 valence electrons. The monoisotopic (exact) mass is 276 g/mol. The lowest BCUT2D eigenvalue weighted by atomic mass is 9.98. The van der Waals surface area contributed by atoms with E-state index in [-0.39, 0.29) is 4.88 Å². The fourth-order valence-corrected chi connectivity index (χ4v) is 2.62. The molecule has 0 atom stereocenters. The van der Waals surface area contributed by atoms with Crippen molar-refractivity contribution in [3.8, 4) is 11.5 Å². The highest BCUT2D eigenvalue weighted by Crippen LogP contribution is 2.29. The maximum absolute atomic E-state index is 10.8. The molecule has 2 aromatic rings. The fraction of sp³-hybridized carbons (Fsp3) is 0.267. The normalized spacial score (nSPS) is 10.7. The summed E-state index contributed by atoms with van der Waals surface area (Å²) < 4.78 is 5.67. The molecule has 0 aliphatic heterocycles. The van der Waals surface area contributed by atoms with Crippen molar-refractivity contribution in [3.63, 3.8) is 0 Å². The number of benzene rings is 1. The lowest BCUT2D eigenvalue weighted by molar-refractivity contribution is 0.0702. The number of aryl methyl sites for hydroxylation is 1. The van der Waals surface area contributed by atoms with Crippen LogP contribution in [0.2, 0.25) is 0 Å². The number of aromatic carboxylic acids is 1. The van der Waals surface area contributed by atoms with Crippen LogP contribution in [-0.4, -0.2) is 11.1 Å². The number of hydrogen-bond donors (Lipinski definition) is 1. The molecule has 0 saturated carbocycles. The molecular weight excluding hydrogens is 260 g/mol. The summed E-state index contributed by atoms with van der Waals surface area (Å²) >= 11 is 1.16. The molecular formula is C15H16O3S. The van der Waals surface area contributed by atoms with Gasteiger partial charge in [0.1, 0.15) is 16.4 Å². The third-order valence-electron chi connectivity index (χ3n) is 2.89. The first-order valence-electron chi connectivity index (χ1n) is 6.07. The zero-order valence-corrected chi connectivity index (χ0v) is 12.0. The molecule has 0 saturated heterocycles. The van der Waals surface area contributed by atoms with Crippen LogP contribution in [0.5, 0.6) is 11.5 Å². The Bertz CT molecular complexity index is 599. The topological polar surface area (TPSA) is 46.5 Å². The van der Waals surface area contributed by atoms with Gasteiger partial charge in [-0.2, -0.15) is 0 Å². The Hall–Kier alpha value is -1.81. The van der Waals surface area contributed by atoms with Gasteiger partial charge >= 0.3 is 5.97 Å². The van der Waals surface area contributed by atoms with E-state index in [2.05, 4.69) is 26.8 Å². The third-order valence-corrected chi connectivity index (χ3v) is 3.78. The van der Waals surface area contributed by atoms with Crippen molar-refractivity contribution in [2.24, 2.45) is 0 Å². The number of hydrogen-bond acceptors (Lipinski definition) is 3. The number of rotatable bonds is 4. The average Bonchev–Trinajstić information content (AvgIpc) is 2.77. The summed E-state index contributed by atoms with van der Waals surface area (Å²) in [6.45, 7) is 6.36. The summed E-state index contributed by atoms with van der Waals surface area (Å²) in [6.07, 6.45) is 0. The van der Waals surface area contributed by atoms with E-state index in [4.69, 9.17) is 9.84 Å². The van der Waals surface area contributed by atoms with Gasteiger partial charge in [-0.25, -0.2) is 4.79 Å². The Morgan fingerprint density at radius 1 is 1.26 bits per heavy atom. The van der Waals surface area contributed by atoms with Crippen LogP contribution in [0.15, 0.2) is 29.6 Å². The van der Waals surface area contributed by atoms with Crippen LogP contribution >= 0.6 is 11.3 Å². The molecule has 4 heteroatoms. The quantitative estimate of drug-likeness (QED) is 0.882. The van der Waals surface area contributed by atoms with Gasteiger partial charge in [-0.05, 0) is 36.1 Å². The number of carboxylic acids is 1. The highest BCUT2D eigenvalue weighted by molar-refractivity contribution is 7.12. The molecule has 0 spiro atoms. The highest BCUT2D eigenvalue weighted by atomic mass is 32.1. The third kappa shape index (κ3) is 3.15. The van der Waals surface area contributed by atoms with E-state index in [0.29, 0.717) is 11.7 Å². The Balaban J connectivity index is 2.19. The maximum atomic E-state index is 10.8. The minimum atomic E-state index is -0.925. The predicted octanol–water partition coefficient (Wildman–Crippen LogP) is 4.67. The molecule has 0 aliphatic carbocycles. The van der Waals surface area contributed by atoms with E-state index < -0.39 is 5.97 Å². The number of ether oxygens (including phenoxy) is 1. The second-order valence-electron chi connectivity index (χ2n) is 4.73. The molecule has 1 aromatic heterocycles. The Kier molecular flexibility index (Phi) is 3.90. The molecule has 19 heavy (non-hydrogen) atoms. The molecule has 3 nitrogen and oxygen atoms in total. The number of carboxylic acid groups (broad SMARTS) is 1. The standard InChI is InChI=1S/C15H16O3S/c1-9(2)13-5-4-11(6-10(13)3)18-12-7-14(15(16)17)19-8-12/h4-9H,1-3H3,(H,16,17). The molecule has 0 aliphatic rings. The number of thiophene rings is 1. The molecule has 0 amide bonds. The van der Waals surface area contributed by atoms with Crippen LogP contribution in [0.3, 0.4) is 0 Å². The SMILES string of the molecule is Cc1cc(Oc2csc(C(=O)O)c2)ccc1C(C)C. The van der Waals surface area contributed by atoms with E-state index in [1.54, 1.807) is 11.4 Å². The Morgan fingerprint density at radius 3 is 2.53 bits per heavy atom. The van der Waals surface area contributed by atoms with Crippen molar-refractivity contribution < 1.29 is 14.6 Å². The molecule has 1 N–H and O–H groups in total. The van der Waals surface area contributed by atoms with E-state index >= 15 is 0 Å². The van der Waals surface area contributed by atoms with Crippen LogP contribution < -0.4 is 4.74 Å². The molecule has 2 rings (SSSR count). The van der Waals surface area contributed by atoms with Crippen molar-refractivity contribution in [3.05, 3.63) is 45.6 Å². The smallest absolute Gasteiger partial charge is 0.346 e. The van der Waals surface area contributed by atoms with E-state index in [9.17, 15) is 4.79 Å². The molecule has 0 bridgehead atoms. The maximum Gasteiger partial charge on any atom is 0.346 e. The minimum absolute atomic E-state index is 0.283. The summed E-state index contributed by atoms with van der Waals surface area (Å²) in [5.74, 6) is 0.857. The first-order chi connectivity index (χ1) is 8.97. The van der Waals surface area contributed by atoms with Gasteiger partial charge in [0.2, 0.25) is 0 Å². The zero-order chi connectivity index (χ0) is 14.0. The Morgan fingerprint density at radius 2 is 2.00 bits per heavy atom. The lowest BCUT2D eigenvalue weighted by Gasteiger charge is -2.11. The molecule has 1 aromatic carbocycles. The first-order valence-corrected chi connectivity index (χ1v) is 6.95. The Labute approximate surface area is 116 Å². The second-order valence-corrected chi connectivity index (χ2v) is 5.64. The van der Waals surface area contributed by atoms with Crippen molar-refractivity contribution in [2.75, 3.05) is 0 Å². The zero-order valence-electron chi connectivity index (χ0n) is 11.1. The van der Waals surface area contributed by atoms with Crippen molar-refractivity contribution in [1.29, 1.82) is 0 Å². The van der Waals surface area contributed by atoms with Gasteiger partial charge in [0.25, 0.3) is 0 Å². The highest BCUT2D eigenvalue weighted by Gasteiger charge is 2.09. The summed E-state index contributed by atoms with van der Waals surface area (Å²) in [4.78, 5) is 11.1. The molecule has 1 heterocycles.